The van der Waals surface area contributed by atoms with Gasteiger partial charge in [-0.2, -0.15) is 0 Å². The highest BCUT2D eigenvalue weighted by atomic mass is 19.1. The van der Waals surface area contributed by atoms with Crippen molar-refractivity contribution in [2.24, 2.45) is 5.73 Å². The Balaban J connectivity index is 1.71. The number of nitrogens with two attached hydrogens (primary N) is 1. The van der Waals surface area contributed by atoms with Crippen molar-refractivity contribution in [3.8, 4) is 0 Å². The monoisotopic (exact) mass is 377 g/mol. The lowest BCUT2D eigenvalue weighted by molar-refractivity contribution is 0.0996. The van der Waals surface area contributed by atoms with Crippen LogP contribution in [0.5, 0.6) is 0 Å². The Hall–Kier alpha value is -3.03. The molecule has 142 valence electrons. The predicted octanol–water partition coefficient (Wildman–Crippen LogP) is 3.61. The second kappa shape index (κ2) is 7.69. The number of halogens is 3. The zero-order chi connectivity index (χ0) is 19.6. The molecule has 3 N–H and O–H groups in total. The van der Waals surface area contributed by atoms with Gasteiger partial charge >= 0.3 is 6.03 Å². The fourth-order valence-corrected chi connectivity index (χ4v) is 3.24. The van der Waals surface area contributed by atoms with E-state index in [4.69, 9.17) is 5.73 Å². The fraction of sp³-hybridized carbons (Fsp3) is 0.263. The van der Waals surface area contributed by atoms with Gasteiger partial charge in [-0.1, -0.05) is 0 Å². The molecule has 3 rings (SSSR count). The zero-order valence-electron chi connectivity index (χ0n) is 14.3. The number of rotatable bonds is 3. The molecule has 1 heterocycles. The summed E-state index contributed by atoms with van der Waals surface area (Å²) in [6.45, 7) is 0.662. The van der Waals surface area contributed by atoms with Crippen LogP contribution in [0.4, 0.5) is 23.7 Å². The molecule has 0 radical (unpaired) electrons. The molecule has 3 amide bonds. The molecule has 1 fully saturated rings. The molecule has 2 aromatic carbocycles. The first-order valence-corrected chi connectivity index (χ1v) is 8.45. The third kappa shape index (κ3) is 4.21. The summed E-state index contributed by atoms with van der Waals surface area (Å²) in [5.41, 5.74) is 5.18. The van der Waals surface area contributed by atoms with E-state index < -0.39 is 29.4 Å². The van der Waals surface area contributed by atoms with E-state index in [-0.39, 0.29) is 29.3 Å². The molecule has 0 unspecified atom stereocenters. The number of carbonyl (C=O) groups is 2. The van der Waals surface area contributed by atoms with E-state index in [9.17, 15) is 22.8 Å². The molecule has 1 saturated heterocycles. The van der Waals surface area contributed by atoms with E-state index in [0.717, 1.165) is 24.3 Å². The minimum Gasteiger partial charge on any atom is -0.366 e. The first-order valence-electron chi connectivity index (χ1n) is 8.45. The van der Waals surface area contributed by atoms with Crippen LogP contribution in [0.3, 0.4) is 0 Å². The van der Waals surface area contributed by atoms with Gasteiger partial charge in [0.1, 0.15) is 17.5 Å². The van der Waals surface area contributed by atoms with Crippen molar-refractivity contribution in [1.82, 2.24) is 4.90 Å². The van der Waals surface area contributed by atoms with E-state index in [2.05, 4.69) is 5.32 Å². The van der Waals surface area contributed by atoms with Crippen LogP contribution < -0.4 is 11.1 Å². The normalized spacial score (nSPS) is 16.9. The van der Waals surface area contributed by atoms with Crippen molar-refractivity contribution in [3.63, 3.8) is 0 Å². The van der Waals surface area contributed by atoms with Crippen molar-refractivity contribution in [1.29, 1.82) is 0 Å². The molecule has 1 atom stereocenters. The number of likely N-dealkylation sites (tertiary alicyclic amines) is 1. The summed E-state index contributed by atoms with van der Waals surface area (Å²) in [6.07, 6.45) is 1.26. The topological polar surface area (TPSA) is 75.4 Å². The maximum atomic E-state index is 14.0. The summed E-state index contributed by atoms with van der Waals surface area (Å²) in [5.74, 6) is -3.10. The van der Waals surface area contributed by atoms with Crippen LogP contribution in [0.15, 0.2) is 36.4 Å². The first kappa shape index (κ1) is 18.8. The highest BCUT2D eigenvalue weighted by Gasteiger charge is 2.27. The summed E-state index contributed by atoms with van der Waals surface area (Å²) in [4.78, 5) is 25.0. The quantitative estimate of drug-likeness (QED) is 0.857. The van der Waals surface area contributed by atoms with Gasteiger partial charge in [0.25, 0.3) is 5.91 Å². The molecule has 5 nitrogen and oxygen atoms in total. The lowest BCUT2D eigenvalue weighted by atomic mass is 9.90. The third-order valence-electron chi connectivity index (χ3n) is 4.59. The Kier molecular flexibility index (Phi) is 5.34. The van der Waals surface area contributed by atoms with Crippen molar-refractivity contribution >= 4 is 17.6 Å². The molecule has 1 aliphatic heterocycles. The molecule has 8 heteroatoms. The second-order valence-electron chi connectivity index (χ2n) is 6.44. The number of hydrogen-bond donors (Lipinski definition) is 2. The van der Waals surface area contributed by atoms with Gasteiger partial charge in [-0.15, -0.1) is 0 Å². The standard InChI is InChI=1S/C19H18F3N3O2/c20-12-3-6-16(21)15(8-12)11-2-1-7-25(10-11)19(27)24-13-4-5-14(18(23)26)17(22)9-13/h3-6,8-9,11H,1-2,7,10H2,(H2,23,26)(H,24,27)/t11-/m1/s1. The molecule has 0 aliphatic carbocycles. The van der Waals surface area contributed by atoms with Gasteiger partial charge < -0.3 is 16.0 Å². The Morgan fingerprint density at radius 2 is 1.85 bits per heavy atom. The molecule has 0 aromatic heterocycles. The Bertz CT molecular complexity index is 888. The van der Waals surface area contributed by atoms with Crippen LogP contribution in [0.1, 0.15) is 34.7 Å². The molecule has 0 bridgehead atoms. The van der Waals surface area contributed by atoms with E-state index in [1.807, 2.05) is 0 Å². The number of anilines is 1. The summed E-state index contributed by atoms with van der Waals surface area (Å²) in [6, 6.07) is 6.36. The van der Waals surface area contributed by atoms with Gasteiger partial charge in [-0.3, -0.25) is 4.79 Å². The van der Waals surface area contributed by atoms with Gasteiger partial charge in [0.05, 0.1) is 5.56 Å². The SMILES string of the molecule is NC(=O)c1ccc(NC(=O)N2CCC[C@@H](c3cc(F)ccc3F)C2)cc1F. The number of amides is 3. The van der Waals surface area contributed by atoms with Gasteiger partial charge in [0.15, 0.2) is 0 Å². The number of piperidine rings is 1. The van der Waals surface area contributed by atoms with Gasteiger partial charge in [-0.25, -0.2) is 18.0 Å². The van der Waals surface area contributed by atoms with Crippen LogP contribution in [-0.4, -0.2) is 29.9 Å². The maximum Gasteiger partial charge on any atom is 0.321 e. The number of nitrogens with one attached hydrogen (secondary N) is 1. The van der Waals surface area contributed by atoms with E-state index >= 15 is 0 Å². The number of urea groups is 1. The number of carbonyl (C=O) groups excluding carboxylic acids is 2. The average Bonchev–Trinajstić information content (AvgIpc) is 2.63. The van der Waals surface area contributed by atoms with Gasteiger partial charge in [-0.05, 0) is 54.8 Å². The van der Waals surface area contributed by atoms with E-state index in [1.54, 1.807) is 0 Å². The summed E-state index contributed by atoms with van der Waals surface area (Å²) in [5, 5.41) is 2.54. The molecule has 2 aromatic rings. The average molecular weight is 377 g/mol. The Morgan fingerprint density at radius 1 is 1.07 bits per heavy atom. The van der Waals surface area contributed by atoms with E-state index in [0.29, 0.717) is 19.4 Å². The molecular formula is C19H18F3N3O2. The maximum absolute atomic E-state index is 14.0. The van der Waals surface area contributed by atoms with Crippen LogP contribution in [0.25, 0.3) is 0 Å². The molecule has 1 aliphatic rings. The molecule has 27 heavy (non-hydrogen) atoms. The lowest BCUT2D eigenvalue weighted by Gasteiger charge is -2.33. The third-order valence-corrected chi connectivity index (χ3v) is 4.59. The highest BCUT2D eigenvalue weighted by Crippen LogP contribution is 2.29. The van der Waals surface area contributed by atoms with Gasteiger partial charge in [0.2, 0.25) is 0 Å². The van der Waals surface area contributed by atoms with Crippen LogP contribution >= 0.6 is 0 Å². The molecular weight excluding hydrogens is 359 g/mol. The largest absolute Gasteiger partial charge is 0.366 e. The fourth-order valence-electron chi connectivity index (χ4n) is 3.24. The summed E-state index contributed by atoms with van der Waals surface area (Å²) in [7, 11) is 0. The summed E-state index contributed by atoms with van der Waals surface area (Å²) >= 11 is 0. The molecule has 0 saturated carbocycles. The number of benzene rings is 2. The predicted molar refractivity (Wildman–Crippen MR) is 93.8 cm³/mol. The Morgan fingerprint density at radius 3 is 2.56 bits per heavy atom. The second-order valence-corrected chi connectivity index (χ2v) is 6.44. The molecule has 0 spiro atoms. The van der Waals surface area contributed by atoms with Crippen LogP contribution in [0.2, 0.25) is 0 Å². The lowest BCUT2D eigenvalue weighted by Crippen LogP contribution is -2.41. The first-order chi connectivity index (χ1) is 12.8. The smallest absolute Gasteiger partial charge is 0.321 e. The number of primary amides is 1. The number of nitrogens with zero attached hydrogens (tertiary/aromatic N) is 1. The minimum absolute atomic E-state index is 0.168. The highest BCUT2D eigenvalue weighted by molar-refractivity contribution is 5.94. The number of hydrogen-bond acceptors (Lipinski definition) is 2. The summed E-state index contributed by atoms with van der Waals surface area (Å²) < 4.78 is 41.3. The minimum atomic E-state index is -0.902. The van der Waals surface area contributed by atoms with Crippen LogP contribution in [0, 0.1) is 17.5 Å². The Labute approximate surface area is 154 Å². The van der Waals surface area contributed by atoms with E-state index in [1.165, 1.54) is 17.0 Å². The van der Waals surface area contributed by atoms with Crippen molar-refractivity contribution in [3.05, 3.63) is 65.0 Å². The van der Waals surface area contributed by atoms with Crippen molar-refractivity contribution < 1.29 is 22.8 Å². The van der Waals surface area contributed by atoms with Crippen molar-refractivity contribution in [2.45, 2.75) is 18.8 Å². The zero-order valence-corrected chi connectivity index (χ0v) is 14.3. The van der Waals surface area contributed by atoms with Crippen LogP contribution in [-0.2, 0) is 0 Å². The van der Waals surface area contributed by atoms with Crippen molar-refractivity contribution in [2.75, 3.05) is 18.4 Å². The van der Waals surface area contributed by atoms with Gasteiger partial charge in [0, 0.05) is 24.7 Å².